The van der Waals surface area contributed by atoms with E-state index in [4.69, 9.17) is 4.74 Å². The molecule has 0 saturated carbocycles. The van der Waals surface area contributed by atoms with Gasteiger partial charge in [0.2, 0.25) is 5.91 Å². The van der Waals surface area contributed by atoms with E-state index >= 15 is 0 Å². The van der Waals surface area contributed by atoms with Crippen LogP contribution in [-0.4, -0.2) is 49.1 Å². The van der Waals surface area contributed by atoms with Gasteiger partial charge >= 0.3 is 5.97 Å². The summed E-state index contributed by atoms with van der Waals surface area (Å²) in [5.74, 6) is 0.126. The molecule has 5 nitrogen and oxygen atoms in total. The third-order valence-electron chi connectivity index (χ3n) is 4.06. The van der Waals surface area contributed by atoms with Crippen LogP contribution in [0.4, 0.5) is 0 Å². The molecule has 3 atom stereocenters. The zero-order valence-corrected chi connectivity index (χ0v) is 11.1. The largest absolute Gasteiger partial charge is 0.467 e. The van der Waals surface area contributed by atoms with Crippen molar-refractivity contribution in [3.05, 3.63) is 0 Å². The Balaban J connectivity index is 2.08. The van der Waals surface area contributed by atoms with Gasteiger partial charge < -0.3 is 15.0 Å². The van der Waals surface area contributed by atoms with Gasteiger partial charge in [-0.25, -0.2) is 4.79 Å². The number of likely N-dealkylation sites (tertiary alicyclic amines) is 1. The summed E-state index contributed by atoms with van der Waals surface area (Å²) in [5.41, 5.74) is 0. The lowest BCUT2D eigenvalue weighted by Gasteiger charge is -2.36. The van der Waals surface area contributed by atoms with E-state index in [0.717, 1.165) is 32.2 Å². The zero-order chi connectivity index (χ0) is 13.1. The SMILES string of the molecule is COC(=O)C1CCCCN1C(=O)C1NCCC1C. The highest BCUT2D eigenvalue weighted by Gasteiger charge is 2.39. The van der Waals surface area contributed by atoms with Gasteiger partial charge in [0, 0.05) is 6.54 Å². The molecule has 2 rings (SSSR count). The topological polar surface area (TPSA) is 58.6 Å². The molecule has 102 valence electrons. The summed E-state index contributed by atoms with van der Waals surface area (Å²) in [6, 6.07) is -0.513. The highest BCUT2D eigenvalue weighted by Crippen LogP contribution is 2.23. The molecule has 0 aromatic heterocycles. The number of carbonyl (C=O) groups is 2. The average Bonchev–Trinajstić information content (AvgIpc) is 2.83. The van der Waals surface area contributed by atoms with Crippen molar-refractivity contribution in [1.29, 1.82) is 0 Å². The Hall–Kier alpha value is -1.10. The van der Waals surface area contributed by atoms with Crippen LogP contribution in [0.15, 0.2) is 0 Å². The van der Waals surface area contributed by atoms with E-state index < -0.39 is 0 Å². The first-order valence-corrected chi connectivity index (χ1v) is 6.77. The van der Waals surface area contributed by atoms with Gasteiger partial charge in [0.1, 0.15) is 6.04 Å². The van der Waals surface area contributed by atoms with E-state index in [0.29, 0.717) is 12.5 Å². The van der Waals surface area contributed by atoms with Crippen molar-refractivity contribution >= 4 is 11.9 Å². The van der Waals surface area contributed by atoms with Crippen molar-refractivity contribution < 1.29 is 14.3 Å². The van der Waals surface area contributed by atoms with Crippen molar-refractivity contribution in [2.45, 2.75) is 44.7 Å². The van der Waals surface area contributed by atoms with Crippen LogP contribution in [0.2, 0.25) is 0 Å². The minimum absolute atomic E-state index is 0.0649. The predicted molar refractivity (Wildman–Crippen MR) is 66.9 cm³/mol. The summed E-state index contributed by atoms with van der Waals surface area (Å²) in [7, 11) is 1.38. The maximum Gasteiger partial charge on any atom is 0.328 e. The van der Waals surface area contributed by atoms with Crippen LogP contribution in [-0.2, 0) is 14.3 Å². The second-order valence-corrected chi connectivity index (χ2v) is 5.26. The van der Waals surface area contributed by atoms with E-state index in [1.807, 2.05) is 0 Å². The average molecular weight is 254 g/mol. The summed E-state index contributed by atoms with van der Waals surface area (Å²) in [6.45, 7) is 3.64. The maximum absolute atomic E-state index is 12.5. The highest BCUT2D eigenvalue weighted by molar-refractivity contribution is 5.88. The van der Waals surface area contributed by atoms with E-state index in [1.54, 1.807) is 4.90 Å². The standard InChI is InChI=1S/C13H22N2O3/c1-9-6-7-14-11(9)12(16)15-8-4-3-5-10(15)13(17)18-2/h9-11,14H,3-8H2,1-2H3. The predicted octanol–water partition coefficient (Wildman–Crippen LogP) is 0.539. The lowest BCUT2D eigenvalue weighted by molar-refractivity contribution is -0.155. The Bertz CT molecular complexity index is 332. The molecule has 2 fully saturated rings. The molecule has 1 amide bonds. The molecular weight excluding hydrogens is 232 g/mol. The highest BCUT2D eigenvalue weighted by atomic mass is 16.5. The zero-order valence-electron chi connectivity index (χ0n) is 11.1. The number of hydrogen-bond acceptors (Lipinski definition) is 4. The Morgan fingerprint density at radius 3 is 2.67 bits per heavy atom. The van der Waals surface area contributed by atoms with E-state index in [2.05, 4.69) is 12.2 Å². The van der Waals surface area contributed by atoms with Crippen molar-refractivity contribution in [2.24, 2.45) is 5.92 Å². The summed E-state index contributed by atoms with van der Waals surface area (Å²) < 4.78 is 4.81. The van der Waals surface area contributed by atoms with Crippen LogP contribution in [0.1, 0.15) is 32.6 Å². The fourth-order valence-corrected chi connectivity index (χ4v) is 2.92. The molecule has 2 heterocycles. The first-order valence-electron chi connectivity index (χ1n) is 6.77. The molecule has 2 saturated heterocycles. The fourth-order valence-electron chi connectivity index (χ4n) is 2.92. The minimum atomic E-state index is -0.383. The quantitative estimate of drug-likeness (QED) is 0.731. The van der Waals surface area contributed by atoms with Crippen LogP contribution in [0.5, 0.6) is 0 Å². The molecule has 0 aliphatic carbocycles. The minimum Gasteiger partial charge on any atom is -0.467 e. The van der Waals surface area contributed by atoms with Crippen LogP contribution in [0, 0.1) is 5.92 Å². The van der Waals surface area contributed by atoms with Crippen LogP contribution in [0.25, 0.3) is 0 Å². The monoisotopic (exact) mass is 254 g/mol. The molecule has 5 heteroatoms. The Kier molecular flexibility index (Phi) is 4.22. The van der Waals surface area contributed by atoms with Crippen molar-refractivity contribution in [2.75, 3.05) is 20.2 Å². The van der Waals surface area contributed by atoms with Gasteiger partial charge in [0.25, 0.3) is 0 Å². The second-order valence-electron chi connectivity index (χ2n) is 5.26. The molecule has 3 unspecified atom stereocenters. The summed E-state index contributed by atoms with van der Waals surface area (Å²) in [4.78, 5) is 26.0. The number of nitrogens with zero attached hydrogens (tertiary/aromatic N) is 1. The van der Waals surface area contributed by atoms with Crippen molar-refractivity contribution in [3.8, 4) is 0 Å². The molecular formula is C13H22N2O3. The molecule has 2 aliphatic rings. The Morgan fingerprint density at radius 2 is 2.06 bits per heavy atom. The summed E-state index contributed by atoms with van der Waals surface area (Å²) in [6.07, 6.45) is 3.70. The lowest BCUT2D eigenvalue weighted by Crippen LogP contribution is -2.54. The third-order valence-corrected chi connectivity index (χ3v) is 4.06. The first kappa shape index (κ1) is 13.3. The van der Waals surface area contributed by atoms with E-state index in [9.17, 15) is 9.59 Å². The van der Waals surface area contributed by atoms with Gasteiger partial charge in [-0.05, 0) is 38.1 Å². The normalized spacial score (nSPS) is 32.3. The number of piperidine rings is 1. The smallest absolute Gasteiger partial charge is 0.328 e. The lowest BCUT2D eigenvalue weighted by atomic mass is 9.97. The van der Waals surface area contributed by atoms with E-state index in [-0.39, 0.29) is 24.0 Å². The maximum atomic E-state index is 12.5. The first-order chi connectivity index (χ1) is 8.65. The number of ether oxygens (including phenoxy) is 1. The number of carbonyl (C=O) groups excluding carboxylic acids is 2. The molecule has 18 heavy (non-hydrogen) atoms. The second kappa shape index (κ2) is 5.69. The molecule has 2 aliphatic heterocycles. The van der Waals surface area contributed by atoms with Crippen molar-refractivity contribution in [3.63, 3.8) is 0 Å². The Morgan fingerprint density at radius 1 is 1.28 bits per heavy atom. The Labute approximate surface area is 108 Å². The molecule has 0 aromatic carbocycles. The van der Waals surface area contributed by atoms with Gasteiger partial charge in [-0.1, -0.05) is 6.92 Å². The molecule has 0 bridgehead atoms. The number of amides is 1. The summed E-state index contributed by atoms with van der Waals surface area (Å²) in [5, 5.41) is 3.24. The van der Waals surface area contributed by atoms with Gasteiger partial charge in [-0.2, -0.15) is 0 Å². The number of nitrogens with one attached hydrogen (secondary N) is 1. The molecule has 0 spiro atoms. The fraction of sp³-hybridized carbons (Fsp3) is 0.846. The van der Waals surface area contributed by atoms with Gasteiger partial charge in [-0.3, -0.25) is 4.79 Å². The van der Waals surface area contributed by atoms with Gasteiger partial charge in [0.15, 0.2) is 0 Å². The van der Waals surface area contributed by atoms with Crippen molar-refractivity contribution in [1.82, 2.24) is 10.2 Å². The molecule has 0 aromatic rings. The van der Waals surface area contributed by atoms with Crippen LogP contribution in [0.3, 0.4) is 0 Å². The van der Waals surface area contributed by atoms with Crippen LogP contribution >= 0.6 is 0 Å². The number of methoxy groups -OCH3 is 1. The number of rotatable bonds is 2. The number of esters is 1. The molecule has 0 radical (unpaired) electrons. The summed E-state index contributed by atoms with van der Waals surface area (Å²) >= 11 is 0. The van der Waals surface area contributed by atoms with Crippen LogP contribution < -0.4 is 5.32 Å². The van der Waals surface area contributed by atoms with Gasteiger partial charge in [0.05, 0.1) is 13.2 Å². The molecule has 1 N–H and O–H groups in total. The number of hydrogen-bond donors (Lipinski definition) is 1. The third kappa shape index (κ3) is 2.51. The van der Waals surface area contributed by atoms with Gasteiger partial charge in [-0.15, -0.1) is 0 Å². The van der Waals surface area contributed by atoms with E-state index in [1.165, 1.54) is 7.11 Å².